The molecule has 0 aromatic rings. The minimum atomic E-state index is 0.213. The van der Waals surface area contributed by atoms with Crippen molar-refractivity contribution in [3.63, 3.8) is 0 Å². The summed E-state index contributed by atoms with van der Waals surface area (Å²) >= 11 is 5.64. The second kappa shape index (κ2) is 5.57. The maximum Gasteiger partial charge on any atom is 0.223 e. The summed E-state index contributed by atoms with van der Waals surface area (Å²) in [5.74, 6) is 1.18. The maximum atomic E-state index is 11.9. The number of likely N-dealkylation sites (tertiary alicyclic amines) is 1. The molecular weight excluding hydrogens is 238 g/mol. The average molecular weight is 260 g/mol. The molecule has 3 nitrogen and oxygen atoms in total. The van der Waals surface area contributed by atoms with Gasteiger partial charge in [-0.3, -0.25) is 4.79 Å². The van der Waals surface area contributed by atoms with Gasteiger partial charge in [0.25, 0.3) is 0 Å². The second-order valence-electron chi connectivity index (χ2n) is 5.29. The molecule has 1 saturated heterocycles. The lowest BCUT2D eigenvalue weighted by Crippen LogP contribution is -2.39. The number of rotatable bonds is 5. The van der Waals surface area contributed by atoms with Crippen LogP contribution in [0.5, 0.6) is 0 Å². The summed E-state index contributed by atoms with van der Waals surface area (Å²) in [5, 5.41) is 0. The molecule has 2 fully saturated rings. The third-order valence-corrected chi connectivity index (χ3v) is 4.54. The fourth-order valence-corrected chi connectivity index (χ4v) is 3.31. The highest BCUT2D eigenvalue weighted by Crippen LogP contribution is 2.51. The Morgan fingerprint density at radius 3 is 2.82 bits per heavy atom. The van der Waals surface area contributed by atoms with Gasteiger partial charge >= 0.3 is 0 Å². The molecule has 1 saturated carbocycles. The van der Waals surface area contributed by atoms with E-state index >= 15 is 0 Å². The number of nitrogens with zero attached hydrogens (tertiary/aromatic N) is 1. The number of alkyl halides is 1. The van der Waals surface area contributed by atoms with E-state index in [0.717, 1.165) is 26.3 Å². The van der Waals surface area contributed by atoms with Gasteiger partial charge in [0.2, 0.25) is 5.91 Å². The fraction of sp³-hybridized carbons (Fsp3) is 0.923. The Labute approximate surface area is 108 Å². The molecule has 0 aromatic carbocycles. The van der Waals surface area contributed by atoms with Crippen LogP contribution in [0, 0.1) is 11.3 Å². The Hall–Kier alpha value is -0.280. The summed E-state index contributed by atoms with van der Waals surface area (Å²) < 4.78 is 5.57. The number of hydrogen-bond acceptors (Lipinski definition) is 2. The van der Waals surface area contributed by atoms with Crippen LogP contribution >= 0.6 is 11.6 Å². The van der Waals surface area contributed by atoms with Crippen molar-refractivity contribution < 1.29 is 9.53 Å². The first-order valence-electron chi connectivity index (χ1n) is 6.63. The van der Waals surface area contributed by atoms with Crippen molar-refractivity contribution in [1.29, 1.82) is 0 Å². The van der Waals surface area contributed by atoms with Crippen molar-refractivity contribution in [2.24, 2.45) is 11.3 Å². The first-order chi connectivity index (χ1) is 8.22. The van der Waals surface area contributed by atoms with Gasteiger partial charge in [0, 0.05) is 37.9 Å². The van der Waals surface area contributed by atoms with Crippen LogP contribution in [-0.2, 0) is 9.53 Å². The van der Waals surface area contributed by atoms with Crippen molar-refractivity contribution in [3.8, 4) is 0 Å². The monoisotopic (exact) mass is 259 g/mol. The molecule has 2 aliphatic rings. The van der Waals surface area contributed by atoms with E-state index in [1.165, 1.54) is 19.3 Å². The van der Waals surface area contributed by atoms with Crippen LogP contribution in [0.3, 0.4) is 0 Å². The predicted octanol–water partition coefficient (Wildman–Crippen LogP) is 2.28. The Balaban J connectivity index is 1.94. The van der Waals surface area contributed by atoms with Gasteiger partial charge in [-0.2, -0.15) is 0 Å². The van der Waals surface area contributed by atoms with Gasteiger partial charge in [-0.15, -0.1) is 11.6 Å². The van der Waals surface area contributed by atoms with Gasteiger partial charge in [0.1, 0.15) is 0 Å². The Kier molecular flexibility index (Phi) is 4.31. The van der Waals surface area contributed by atoms with Crippen LogP contribution < -0.4 is 0 Å². The molecule has 1 aliphatic heterocycles. The maximum absolute atomic E-state index is 11.9. The number of amides is 1. The molecule has 4 heteroatoms. The van der Waals surface area contributed by atoms with E-state index < -0.39 is 0 Å². The molecule has 1 aliphatic carbocycles. The minimum absolute atomic E-state index is 0.213. The molecule has 0 unspecified atom stereocenters. The van der Waals surface area contributed by atoms with Crippen LogP contribution in [0.1, 0.15) is 32.6 Å². The largest absolute Gasteiger partial charge is 0.381 e. The first kappa shape index (κ1) is 13.2. The van der Waals surface area contributed by atoms with E-state index in [1.807, 2.05) is 11.8 Å². The van der Waals surface area contributed by atoms with Crippen molar-refractivity contribution in [1.82, 2.24) is 4.90 Å². The normalized spacial score (nSPS) is 26.2. The molecule has 1 heterocycles. The number of halogens is 1. The summed E-state index contributed by atoms with van der Waals surface area (Å²) in [6.07, 6.45) is 4.30. The van der Waals surface area contributed by atoms with Crippen molar-refractivity contribution in [3.05, 3.63) is 0 Å². The molecule has 1 amide bonds. The van der Waals surface area contributed by atoms with Gasteiger partial charge in [-0.05, 0) is 25.2 Å². The van der Waals surface area contributed by atoms with Crippen molar-refractivity contribution in [2.75, 3.05) is 32.2 Å². The molecule has 98 valence electrons. The SMILES string of the molecule is CCOC[C@H]1CN(C(=O)CCCl)CC12CCC2. The zero-order valence-electron chi connectivity index (χ0n) is 10.6. The lowest BCUT2D eigenvalue weighted by molar-refractivity contribution is -0.130. The molecule has 0 N–H and O–H groups in total. The van der Waals surface area contributed by atoms with E-state index in [-0.39, 0.29) is 5.91 Å². The molecule has 2 rings (SSSR count). The van der Waals surface area contributed by atoms with Crippen LogP contribution in [0.15, 0.2) is 0 Å². The summed E-state index contributed by atoms with van der Waals surface area (Å²) in [4.78, 5) is 13.9. The number of hydrogen-bond donors (Lipinski definition) is 0. The van der Waals surface area contributed by atoms with E-state index in [9.17, 15) is 4.79 Å². The Bertz CT molecular complexity index is 279. The van der Waals surface area contributed by atoms with Gasteiger partial charge < -0.3 is 9.64 Å². The van der Waals surface area contributed by atoms with Crippen LogP contribution in [0.2, 0.25) is 0 Å². The molecular formula is C13H22ClNO2. The molecule has 1 spiro atoms. The molecule has 1 atom stereocenters. The quantitative estimate of drug-likeness (QED) is 0.709. The van der Waals surface area contributed by atoms with Crippen molar-refractivity contribution in [2.45, 2.75) is 32.6 Å². The average Bonchev–Trinajstić information content (AvgIpc) is 2.66. The van der Waals surface area contributed by atoms with Gasteiger partial charge in [0.15, 0.2) is 0 Å². The highest BCUT2D eigenvalue weighted by molar-refractivity contribution is 6.18. The van der Waals surface area contributed by atoms with Crippen molar-refractivity contribution >= 4 is 17.5 Å². The molecule has 0 bridgehead atoms. The van der Waals surface area contributed by atoms with E-state index in [4.69, 9.17) is 16.3 Å². The summed E-state index contributed by atoms with van der Waals surface area (Å²) in [6, 6.07) is 0. The number of ether oxygens (including phenoxy) is 1. The van der Waals surface area contributed by atoms with Crippen LogP contribution in [0.25, 0.3) is 0 Å². The van der Waals surface area contributed by atoms with Crippen LogP contribution in [-0.4, -0.2) is 43.0 Å². The third-order valence-electron chi connectivity index (χ3n) is 4.35. The van der Waals surface area contributed by atoms with Gasteiger partial charge in [0.05, 0.1) is 6.61 Å². The Morgan fingerprint density at radius 2 is 2.29 bits per heavy atom. The summed E-state index contributed by atoms with van der Waals surface area (Å²) in [5.41, 5.74) is 0.372. The summed E-state index contributed by atoms with van der Waals surface area (Å²) in [7, 11) is 0. The van der Waals surface area contributed by atoms with Gasteiger partial charge in [-0.25, -0.2) is 0 Å². The topological polar surface area (TPSA) is 29.5 Å². The zero-order valence-corrected chi connectivity index (χ0v) is 11.3. The second-order valence-corrected chi connectivity index (χ2v) is 5.66. The smallest absolute Gasteiger partial charge is 0.223 e. The standard InChI is InChI=1S/C13H22ClNO2/c1-2-17-9-11-8-15(12(16)4-7-14)10-13(11)5-3-6-13/h11H,2-10H2,1H3/t11-/m1/s1. The molecule has 17 heavy (non-hydrogen) atoms. The van der Waals surface area contributed by atoms with E-state index in [0.29, 0.717) is 23.6 Å². The molecule has 0 aromatic heterocycles. The lowest BCUT2D eigenvalue weighted by Gasteiger charge is -2.42. The highest BCUT2D eigenvalue weighted by atomic mass is 35.5. The lowest BCUT2D eigenvalue weighted by atomic mass is 9.63. The number of carbonyl (C=O) groups excluding carboxylic acids is 1. The van der Waals surface area contributed by atoms with Gasteiger partial charge in [-0.1, -0.05) is 6.42 Å². The van der Waals surface area contributed by atoms with E-state index in [2.05, 4.69) is 0 Å². The molecule has 0 radical (unpaired) electrons. The Morgan fingerprint density at radius 1 is 1.53 bits per heavy atom. The first-order valence-corrected chi connectivity index (χ1v) is 7.17. The van der Waals surface area contributed by atoms with E-state index in [1.54, 1.807) is 0 Å². The predicted molar refractivity (Wildman–Crippen MR) is 68.2 cm³/mol. The zero-order chi connectivity index (χ0) is 12.3. The third kappa shape index (κ3) is 2.60. The highest BCUT2D eigenvalue weighted by Gasteiger charge is 2.51. The summed E-state index contributed by atoms with van der Waals surface area (Å²) in [6.45, 7) is 5.40. The minimum Gasteiger partial charge on any atom is -0.381 e. The van der Waals surface area contributed by atoms with Crippen LogP contribution in [0.4, 0.5) is 0 Å². The fourth-order valence-electron chi connectivity index (χ4n) is 3.15. The number of carbonyl (C=O) groups is 1.